The molecule has 0 amide bonds. The Labute approximate surface area is 149 Å². The Kier molecular flexibility index (Phi) is 4.53. The van der Waals surface area contributed by atoms with E-state index >= 15 is 0 Å². The third-order valence-corrected chi connectivity index (χ3v) is 5.03. The van der Waals surface area contributed by atoms with Gasteiger partial charge in [0.15, 0.2) is 0 Å². The fourth-order valence-corrected chi connectivity index (χ4v) is 3.64. The predicted molar refractivity (Wildman–Crippen MR) is 102 cm³/mol. The Balaban J connectivity index is 1.39. The number of fused-ring (bicyclic) bond motifs is 1. The summed E-state index contributed by atoms with van der Waals surface area (Å²) in [5.41, 5.74) is 11.6. The van der Waals surface area contributed by atoms with Crippen LogP contribution in [0, 0.1) is 0 Å². The highest BCUT2D eigenvalue weighted by molar-refractivity contribution is 5.38. The maximum absolute atomic E-state index is 6.32. The smallest absolute Gasteiger partial charge is 0.119 e. The van der Waals surface area contributed by atoms with Crippen LogP contribution in [0.3, 0.4) is 0 Å². The number of hydrogen-bond acceptors (Lipinski definition) is 2. The van der Waals surface area contributed by atoms with Crippen molar-refractivity contribution in [1.82, 2.24) is 0 Å². The standard InChI is InChI=1S/C23H23NO/c24-23-15-19-8-4-5-9-21(19)22(23)16-25-20-12-10-18(11-13-20)14-17-6-2-1-3-7-17/h1-13,22-23H,14-16,24H2/t22-,23+/m1/s1. The highest BCUT2D eigenvalue weighted by Crippen LogP contribution is 2.32. The van der Waals surface area contributed by atoms with Crippen LogP contribution in [0.1, 0.15) is 28.2 Å². The van der Waals surface area contributed by atoms with Gasteiger partial charge in [-0.15, -0.1) is 0 Å². The van der Waals surface area contributed by atoms with Crippen molar-refractivity contribution in [1.29, 1.82) is 0 Å². The van der Waals surface area contributed by atoms with Crippen molar-refractivity contribution in [3.63, 3.8) is 0 Å². The molecule has 0 radical (unpaired) electrons. The molecule has 2 heteroatoms. The summed E-state index contributed by atoms with van der Waals surface area (Å²) >= 11 is 0. The van der Waals surface area contributed by atoms with Crippen LogP contribution in [0.2, 0.25) is 0 Å². The van der Waals surface area contributed by atoms with Crippen LogP contribution < -0.4 is 10.5 Å². The normalized spacial score (nSPS) is 18.8. The SMILES string of the molecule is N[C@H]1Cc2ccccc2[C@H]1COc1ccc(Cc2ccccc2)cc1. The van der Waals surface area contributed by atoms with E-state index < -0.39 is 0 Å². The van der Waals surface area contributed by atoms with Gasteiger partial charge >= 0.3 is 0 Å². The lowest BCUT2D eigenvalue weighted by molar-refractivity contribution is 0.276. The van der Waals surface area contributed by atoms with Gasteiger partial charge in [-0.05, 0) is 47.2 Å². The average molecular weight is 329 g/mol. The molecular formula is C23H23NO. The maximum atomic E-state index is 6.32. The van der Waals surface area contributed by atoms with E-state index in [4.69, 9.17) is 10.5 Å². The van der Waals surface area contributed by atoms with Crippen molar-refractivity contribution >= 4 is 0 Å². The Morgan fingerprint density at radius 1 is 0.800 bits per heavy atom. The molecule has 2 N–H and O–H groups in total. The number of benzene rings is 3. The molecule has 0 aliphatic heterocycles. The molecule has 0 bridgehead atoms. The number of nitrogens with two attached hydrogens (primary N) is 1. The minimum absolute atomic E-state index is 0.148. The van der Waals surface area contributed by atoms with Crippen molar-refractivity contribution in [2.45, 2.75) is 24.8 Å². The van der Waals surface area contributed by atoms with Crippen LogP contribution in [-0.4, -0.2) is 12.6 Å². The molecule has 0 unspecified atom stereocenters. The zero-order valence-corrected chi connectivity index (χ0v) is 14.3. The first kappa shape index (κ1) is 15.9. The van der Waals surface area contributed by atoms with Crippen molar-refractivity contribution in [2.24, 2.45) is 5.73 Å². The van der Waals surface area contributed by atoms with E-state index in [1.807, 2.05) is 6.07 Å². The summed E-state index contributed by atoms with van der Waals surface area (Å²) < 4.78 is 6.04. The predicted octanol–water partition coefficient (Wildman–Crippen LogP) is 4.32. The number of ether oxygens (including phenoxy) is 1. The van der Waals surface area contributed by atoms with Crippen LogP contribution in [0.25, 0.3) is 0 Å². The van der Waals surface area contributed by atoms with Crippen molar-refractivity contribution in [3.05, 3.63) is 101 Å². The molecule has 0 saturated carbocycles. The quantitative estimate of drug-likeness (QED) is 0.756. The highest BCUT2D eigenvalue weighted by atomic mass is 16.5. The first-order chi connectivity index (χ1) is 12.3. The summed E-state index contributed by atoms with van der Waals surface area (Å²) in [6.07, 6.45) is 1.89. The monoisotopic (exact) mass is 329 g/mol. The van der Waals surface area contributed by atoms with Gasteiger partial charge in [-0.1, -0.05) is 66.7 Å². The molecule has 0 spiro atoms. The molecule has 0 aromatic heterocycles. The van der Waals surface area contributed by atoms with Gasteiger partial charge in [0.2, 0.25) is 0 Å². The molecule has 0 fully saturated rings. The van der Waals surface area contributed by atoms with E-state index in [1.165, 1.54) is 22.3 Å². The van der Waals surface area contributed by atoms with Gasteiger partial charge in [-0.3, -0.25) is 0 Å². The fraction of sp³-hybridized carbons (Fsp3) is 0.217. The van der Waals surface area contributed by atoms with Gasteiger partial charge in [0.1, 0.15) is 5.75 Å². The topological polar surface area (TPSA) is 35.2 Å². The minimum atomic E-state index is 0.148. The zero-order valence-electron chi connectivity index (χ0n) is 14.3. The lowest BCUT2D eigenvalue weighted by atomic mass is 10.00. The Hall–Kier alpha value is -2.58. The van der Waals surface area contributed by atoms with Crippen molar-refractivity contribution in [3.8, 4) is 5.75 Å². The molecule has 0 heterocycles. The van der Waals surface area contributed by atoms with E-state index in [2.05, 4.69) is 72.8 Å². The number of hydrogen-bond donors (Lipinski definition) is 1. The van der Waals surface area contributed by atoms with Crippen molar-refractivity contribution < 1.29 is 4.74 Å². The fourth-order valence-electron chi connectivity index (χ4n) is 3.64. The second kappa shape index (κ2) is 7.12. The second-order valence-electron chi connectivity index (χ2n) is 6.79. The third kappa shape index (κ3) is 3.59. The molecule has 2 nitrogen and oxygen atoms in total. The Bertz CT molecular complexity index is 826. The van der Waals surface area contributed by atoms with E-state index in [-0.39, 0.29) is 12.0 Å². The van der Waals surface area contributed by atoms with Gasteiger partial charge in [0.05, 0.1) is 6.61 Å². The molecule has 3 aromatic carbocycles. The molecule has 25 heavy (non-hydrogen) atoms. The summed E-state index contributed by atoms with van der Waals surface area (Å²) in [6, 6.07) is 27.6. The molecule has 0 saturated heterocycles. The molecule has 1 aliphatic rings. The molecule has 126 valence electrons. The lowest BCUT2D eigenvalue weighted by Crippen LogP contribution is -2.28. The molecule has 2 atom stereocenters. The summed E-state index contributed by atoms with van der Waals surface area (Å²) in [5, 5.41) is 0. The highest BCUT2D eigenvalue weighted by Gasteiger charge is 2.29. The minimum Gasteiger partial charge on any atom is -0.493 e. The van der Waals surface area contributed by atoms with E-state index in [0.717, 1.165) is 18.6 Å². The van der Waals surface area contributed by atoms with Gasteiger partial charge in [-0.25, -0.2) is 0 Å². The zero-order chi connectivity index (χ0) is 17.1. The van der Waals surface area contributed by atoms with E-state index in [1.54, 1.807) is 0 Å². The van der Waals surface area contributed by atoms with Crippen LogP contribution in [-0.2, 0) is 12.8 Å². The summed E-state index contributed by atoms with van der Waals surface area (Å²) in [7, 11) is 0. The van der Waals surface area contributed by atoms with Crippen LogP contribution in [0.4, 0.5) is 0 Å². The van der Waals surface area contributed by atoms with E-state index in [0.29, 0.717) is 6.61 Å². The first-order valence-electron chi connectivity index (χ1n) is 8.88. The van der Waals surface area contributed by atoms with Gasteiger partial charge in [-0.2, -0.15) is 0 Å². The van der Waals surface area contributed by atoms with Gasteiger partial charge in [0, 0.05) is 12.0 Å². The summed E-state index contributed by atoms with van der Waals surface area (Å²) in [5.74, 6) is 1.19. The largest absolute Gasteiger partial charge is 0.493 e. The Morgan fingerprint density at radius 2 is 1.48 bits per heavy atom. The molecule has 1 aliphatic carbocycles. The molecule has 4 rings (SSSR count). The number of rotatable bonds is 5. The van der Waals surface area contributed by atoms with Crippen LogP contribution in [0.15, 0.2) is 78.9 Å². The van der Waals surface area contributed by atoms with Crippen LogP contribution >= 0.6 is 0 Å². The van der Waals surface area contributed by atoms with E-state index in [9.17, 15) is 0 Å². The van der Waals surface area contributed by atoms with Crippen LogP contribution in [0.5, 0.6) is 5.75 Å². The lowest BCUT2D eigenvalue weighted by Gasteiger charge is -2.17. The van der Waals surface area contributed by atoms with Crippen molar-refractivity contribution in [2.75, 3.05) is 6.61 Å². The molecule has 3 aromatic rings. The van der Waals surface area contributed by atoms with Gasteiger partial charge in [0.25, 0.3) is 0 Å². The summed E-state index contributed by atoms with van der Waals surface area (Å²) in [4.78, 5) is 0. The molecular weight excluding hydrogens is 306 g/mol. The summed E-state index contributed by atoms with van der Waals surface area (Å²) in [6.45, 7) is 0.635. The second-order valence-corrected chi connectivity index (χ2v) is 6.79. The average Bonchev–Trinajstić information content (AvgIpc) is 2.97. The first-order valence-corrected chi connectivity index (χ1v) is 8.88. The van der Waals surface area contributed by atoms with Gasteiger partial charge < -0.3 is 10.5 Å². The maximum Gasteiger partial charge on any atom is 0.119 e. The third-order valence-electron chi connectivity index (χ3n) is 5.03. The Morgan fingerprint density at radius 3 is 2.28 bits per heavy atom.